The molecule has 4 heteroatoms. The first-order valence-electron chi connectivity index (χ1n) is 9.28. The summed E-state index contributed by atoms with van der Waals surface area (Å²) in [7, 11) is 0. The minimum Gasteiger partial charge on any atom is -0.399 e. The molecule has 0 spiro atoms. The van der Waals surface area contributed by atoms with Gasteiger partial charge in [-0.25, -0.2) is 0 Å². The van der Waals surface area contributed by atoms with Gasteiger partial charge in [-0.05, 0) is 41.2 Å². The topological polar surface area (TPSA) is 97.4 Å². The molecule has 0 radical (unpaired) electrons. The number of hydrogen-bond donors (Lipinski definition) is 1. The third kappa shape index (κ3) is 2.81. The van der Waals surface area contributed by atoms with Gasteiger partial charge < -0.3 is 5.73 Å². The molecule has 1 aromatic rings. The standard InChI is InChI=1S/C23H24N4/c1-22(2,3)16-9-10-17-18(11-16)20(15-7-5-4-6-8-15)23(13-25,14-26)21(27)19(17)12-24/h4-8,10,16,18,20H,9,11,27H2,1-3H3/t16-,18+,20+/m1/s1. The van der Waals surface area contributed by atoms with Crippen LogP contribution in [0.5, 0.6) is 0 Å². The van der Waals surface area contributed by atoms with Crippen molar-refractivity contribution >= 4 is 0 Å². The first-order chi connectivity index (χ1) is 12.8. The van der Waals surface area contributed by atoms with E-state index in [4.69, 9.17) is 5.73 Å². The molecule has 3 rings (SSSR count). The van der Waals surface area contributed by atoms with Crippen molar-refractivity contribution in [3.63, 3.8) is 0 Å². The molecule has 27 heavy (non-hydrogen) atoms. The van der Waals surface area contributed by atoms with Gasteiger partial charge in [0.15, 0.2) is 5.41 Å². The van der Waals surface area contributed by atoms with Crippen LogP contribution in [0.15, 0.2) is 53.3 Å². The molecule has 0 unspecified atom stereocenters. The highest BCUT2D eigenvalue weighted by atomic mass is 14.7. The number of benzene rings is 1. The highest BCUT2D eigenvalue weighted by Crippen LogP contribution is 2.57. The molecule has 0 bridgehead atoms. The van der Waals surface area contributed by atoms with Crippen molar-refractivity contribution in [3.05, 3.63) is 58.8 Å². The molecule has 136 valence electrons. The number of hydrogen-bond acceptors (Lipinski definition) is 4. The van der Waals surface area contributed by atoms with Gasteiger partial charge in [0.1, 0.15) is 6.07 Å². The third-order valence-corrected chi connectivity index (χ3v) is 6.26. The number of rotatable bonds is 1. The quantitative estimate of drug-likeness (QED) is 0.798. The SMILES string of the molecule is CC(C)(C)[C@@H]1CC=C2C(C#N)=C(N)C(C#N)(C#N)[C@@H](c3ccccc3)[C@H]2C1. The number of nitrogens with zero attached hydrogens (tertiary/aromatic N) is 3. The van der Waals surface area contributed by atoms with Crippen molar-refractivity contribution in [1.29, 1.82) is 15.8 Å². The van der Waals surface area contributed by atoms with Crippen LogP contribution < -0.4 is 5.73 Å². The summed E-state index contributed by atoms with van der Waals surface area (Å²) in [5, 5.41) is 29.9. The van der Waals surface area contributed by atoms with Crippen LogP contribution in [-0.2, 0) is 0 Å². The Labute approximate surface area is 161 Å². The zero-order valence-electron chi connectivity index (χ0n) is 16.0. The molecule has 3 atom stereocenters. The molecule has 0 saturated heterocycles. The molecule has 2 aliphatic carbocycles. The summed E-state index contributed by atoms with van der Waals surface area (Å²) in [4.78, 5) is 0. The fourth-order valence-corrected chi connectivity index (χ4v) is 4.63. The average molecular weight is 356 g/mol. The van der Waals surface area contributed by atoms with E-state index >= 15 is 0 Å². The average Bonchev–Trinajstić information content (AvgIpc) is 2.67. The molecular formula is C23H24N4. The summed E-state index contributed by atoms with van der Waals surface area (Å²) in [5.41, 5.74) is 7.13. The molecule has 0 amide bonds. The summed E-state index contributed by atoms with van der Waals surface area (Å²) in [6, 6.07) is 16.2. The molecule has 0 saturated carbocycles. The maximum absolute atomic E-state index is 10.1. The third-order valence-electron chi connectivity index (χ3n) is 6.26. The fourth-order valence-electron chi connectivity index (χ4n) is 4.63. The van der Waals surface area contributed by atoms with Crippen LogP contribution in [0, 0.1) is 56.7 Å². The van der Waals surface area contributed by atoms with Crippen molar-refractivity contribution in [2.24, 2.45) is 28.4 Å². The van der Waals surface area contributed by atoms with Crippen molar-refractivity contribution in [2.75, 3.05) is 0 Å². The van der Waals surface area contributed by atoms with Gasteiger partial charge in [0.25, 0.3) is 0 Å². The van der Waals surface area contributed by atoms with Crippen molar-refractivity contribution < 1.29 is 0 Å². The van der Waals surface area contributed by atoms with Crippen molar-refractivity contribution in [1.82, 2.24) is 0 Å². The molecule has 0 aliphatic heterocycles. The largest absolute Gasteiger partial charge is 0.399 e. The second kappa shape index (κ2) is 6.61. The molecule has 2 aliphatic rings. The lowest BCUT2D eigenvalue weighted by Crippen LogP contribution is -2.44. The Bertz CT molecular complexity index is 912. The predicted molar refractivity (Wildman–Crippen MR) is 103 cm³/mol. The number of nitriles is 3. The van der Waals surface area contributed by atoms with Gasteiger partial charge in [0.05, 0.1) is 23.4 Å². The summed E-state index contributed by atoms with van der Waals surface area (Å²) in [6.45, 7) is 6.65. The molecule has 4 nitrogen and oxygen atoms in total. The molecule has 0 heterocycles. The first-order valence-corrected chi connectivity index (χ1v) is 9.28. The van der Waals surface area contributed by atoms with Gasteiger partial charge in [0.2, 0.25) is 0 Å². The summed E-state index contributed by atoms with van der Waals surface area (Å²) >= 11 is 0. The van der Waals surface area contributed by atoms with E-state index in [1.54, 1.807) is 0 Å². The summed E-state index contributed by atoms with van der Waals surface area (Å²) in [6.07, 6.45) is 3.82. The Morgan fingerprint density at radius 1 is 1.07 bits per heavy atom. The van der Waals surface area contributed by atoms with E-state index < -0.39 is 5.41 Å². The maximum Gasteiger partial charge on any atom is 0.191 e. The second-order valence-corrected chi connectivity index (χ2v) is 8.62. The zero-order chi connectivity index (χ0) is 19.8. The van der Waals surface area contributed by atoms with Gasteiger partial charge in [-0.3, -0.25) is 0 Å². The van der Waals surface area contributed by atoms with E-state index in [2.05, 4.69) is 45.1 Å². The lowest BCUT2D eigenvalue weighted by molar-refractivity contribution is 0.170. The van der Waals surface area contributed by atoms with E-state index in [9.17, 15) is 15.8 Å². The lowest BCUT2D eigenvalue weighted by Gasteiger charge is -2.47. The number of allylic oxidation sites excluding steroid dienone is 4. The Morgan fingerprint density at radius 2 is 1.70 bits per heavy atom. The van der Waals surface area contributed by atoms with Crippen LogP contribution >= 0.6 is 0 Å². The van der Waals surface area contributed by atoms with Gasteiger partial charge in [-0.2, -0.15) is 15.8 Å². The van der Waals surface area contributed by atoms with Crippen LogP contribution in [0.4, 0.5) is 0 Å². The van der Waals surface area contributed by atoms with Crippen LogP contribution in [-0.4, -0.2) is 0 Å². The Kier molecular flexibility index (Phi) is 4.59. The van der Waals surface area contributed by atoms with Crippen LogP contribution in [0.2, 0.25) is 0 Å². The van der Waals surface area contributed by atoms with Crippen molar-refractivity contribution in [2.45, 2.75) is 39.5 Å². The zero-order valence-corrected chi connectivity index (χ0v) is 16.0. The highest BCUT2D eigenvalue weighted by Gasteiger charge is 2.54. The van der Waals surface area contributed by atoms with Crippen molar-refractivity contribution in [3.8, 4) is 18.2 Å². The Hall–Kier alpha value is -3.03. The molecule has 0 aromatic heterocycles. The van der Waals surface area contributed by atoms with Crippen LogP contribution in [0.25, 0.3) is 0 Å². The normalized spacial score (nSPS) is 26.8. The predicted octanol–water partition coefficient (Wildman–Crippen LogP) is 4.55. The smallest absolute Gasteiger partial charge is 0.191 e. The lowest BCUT2D eigenvalue weighted by atomic mass is 9.54. The van der Waals surface area contributed by atoms with Gasteiger partial charge in [0, 0.05) is 5.92 Å². The van der Waals surface area contributed by atoms with E-state index in [0.717, 1.165) is 24.0 Å². The van der Waals surface area contributed by atoms with E-state index in [1.807, 2.05) is 30.3 Å². The molecular weight excluding hydrogens is 332 g/mol. The minimum atomic E-state index is -1.53. The summed E-state index contributed by atoms with van der Waals surface area (Å²) in [5.74, 6) is -0.0550. The fraction of sp³-hybridized carbons (Fsp3) is 0.435. The first kappa shape index (κ1) is 18.8. The molecule has 1 aromatic carbocycles. The maximum atomic E-state index is 10.1. The number of nitrogens with two attached hydrogens (primary N) is 1. The van der Waals surface area contributed by atoms with Crippen LogP contribution in [0.1, 0.15) is 45.1 Å². The van der Waals surface area contributed by atoms with E-state index in [1.165, 1.54) is 0 Å². The number of fused-ring (bicyclic) bond motifs is 1. The minimum absolute atomic E-state index is 0.0772. The molecule has 0 fully saturated rings. The van der Waals surface area contributed by atoms with Gasteiger partial charge in [-0.1, -0.05) is 57.2 Å². The highest BCUT2D eigenvalue weighted by molar-refractivity contribution is 5.59. The van der Waals surface area contributed by atoms with Gasteiger partial charge in [-0.15, -0.1) is 0 Å². The van der Waals surface area contributed by atoms with Gasteiger partial charge >= 0.3 is 0 Å². The summed E-state index contributed by atoms with van der Waals surface area (Å²) < 4.78 is 0. The monoisotopic (exact) mass is 356 g/mol. The van der Waals surface area contributed by atoms with E-state index in [0.29, 0.717) is 11.5 Å². The second-order valence-electron chi connectivity index (χ2n) is 8.62. The Balaban J connectivity index is 2.29. The van der Waals surface area contributed by atoms with Crippen LogP contribution in [0.3, 0.4) is 0 Å². The Morgan fingerprint density at radius 3 is 2.22 bits per heavy atom. The molecule has 2 N–H and O–H groups in total. The van der Waals surface area contributed by atoms with E-state index in [-0.39, 0.29) is 22.9 Å².